The Morgan fingerprint density at radius 2 is 2.05 bits per heavy atom. The number of aromatic nitrogens is 2. The topological polar surface area (TPSA) is 42.9 Å². The van der Waals surface area contributed by atoms with Crippen molar-refractivity contribution in [1.29, 1.82) is 0 Å². The third kappa shape index (κ3) is 2.92. The van der Waals surface area contributed by atoms with Crippen LogP contribution >= 0.6 is 18.5 Å². The molecule has 1 aromatic heterocycles. The van der Waals surface area contributed by atoms with Crippen molar-refractivity contribution in [2.75, 3.05) is 0 Å². The maximum absolute atomic E-state index is 13.8. The number of benzene rings is 1. The highest BCUT2D eigenvalue weighted by atomic mass is 31.0. The number of hydrogen-bond acceptors (Lipinski definition) is 3. The van der Waals surface area contributed by atoms with Gasteiger partial charge >= 0.3 is 0 Å². The van der Waals surface area contributed by atoms with Gasteiger partial charge in [0.15, 0.2) is 5.78 Å². The highest BCUT2D eigenvalue weighted by Crippen LogP contribution is 2.33. The van der Waals surface area contributed by atoms with E-state index >= 15 is 0 Å². The Morgan fingerprint density at radius 1 is 1.35 bits per heavy atom. The number of aryl methyl sites for hydroxylation is 1. The molecule has 2 aromatic rings. The number of nitrogens with zero attached hydrogens (tertiary/aromatic N) is 2. The number of rotatable bonds is 3. The van der Waals surface area contributed by atoms with Crippen LogP contribution in [0.4, 0.5) is 4.39 Å². The van der Waals surface area contributed by atoms with Gasteiger partial charge in [-0.25, -0.2) is 9.37 Å². The van der Waals surface area contributed by atoms with Gasteiger partial charge in [0.05, 0.1) is 18.1 Å². The zero-order valence-electron chi connectivity index (χ0n) is 11.2. The van der Waals surface area contributed by atoms with Crippen LogP contribution in [0.25, 0.3) is 11.3 Å². The minimum absolute atomic E-state index is 0.165. The molecule has 0 spiro atoms. The number of alkyl halides is 1. The van der Waals surface area contributed by atoms with Crippen molar-refractivity contribution in [3.05, 3.63) is 41.3 Å². The maximum Gasteiger partial charge on any atom is 0.179 e. The van der Waals surface area contributed by atoms with E-state index in [1.165, 1.54) is 13.1 Å². The summed E-state index contributed by atoms with van der Waals surface area (Å²) < 4.78 is 13.8. The lowest BCUT2D eigenvalue weighted by molar-refractivity contribution is 0.101. The van der Waals surface area contributed by atoms with Gasteiger partial charge in [-0.05, 0) is 23.4 Å². The second-order valence-electron chi connectivity index (χ2n) is 4.51. The lowest BCUT2D eigenvalue weighted by atomic mass is 10.0. The van der Waals surface area contributed by atoms with Gasteiger partial charge in [-0.3, -0.25) is 9.78 Å². The Kier molecular flexibility index (Phi) is 4.57. The molecule has 0 aliphatic heterocycles. The molecule has 3 nitrogen and oxygen atoms in total. The molecule has 3 unspecified atom stereocenters. The normalized spacial score (nSPS) is 12.2. The van der Waals surface area contributed by atoms with Crippen molar-refractivity contribution >= 4 is 29.6 Å². The molecule has 0 aliphatic carbocycles. The van der Waals surface area contributed by atoms with Gasteiger partial charge < -0.3 is 0 Å². The van der Waals surface area contributed by atoms with Gasteiger partial charge in [-0.2, -0.15) is 0 Å². The first-order chi connectivity index (χ1) is 9.41. The minimum atomic E-state index is -1.20. The molecular formula is C14H15FN2OP2. The second-order valence-corrected chi connectivity index (χ2v) is 5.67. The van der Waals surface area contributed by atoms with Gasteiger partial charge in [0, 0.05) is 12.5 Å². The smallest absolute Gasteiger partial charge is 0.179 e. The van der Waals surface area contributed by atoms with E-state index < -0.39 is 5.91 Å². The Hall–Kier alpha value is -1.24. The molecule has 6 heteroatoms. The Bertz CT molecular complexity index is 674. The average Bonchev–Trinajstić information content (AvgIpc) is 2.41. The van der Waals surface area contributed by atoms with E-state index in [4.69, 9.17) is 0 Å². The Labute approximate surface area is 121 Å². The van der Waals surface area contributed by atoms with Crippen LogP contribution < -0.4 is 5.30 Å². The van der Waals surface area contributed by atoms with E-state index in [0.717, 1.165) is 10.9 Å². The molecule has 0 aliphatic rings. The fourth-order valence-corrected chi connectivity index (χ4v) is 2.60. The molecule has 1 heterocycles. The van der Waals surface area contributed by atoms with Crippen LogP contribution in [0.15, 0.2) is 24.5 Å². The summed E-state index contributed by atoms with van der Waals surface area (Å²) in [4.78, 5) is 19.7. The molecule has 0 saturated heterocycles. The summed E-state index contributed by atoms with van der Waals surface area (Å²) in [6, 6.07) is 3.60. The largest absolute Gasteiger partial charge is 0.293 e. The first-order valence-electron chi connectivity index (χ1n) is 6.03. The third-order valence-corrected chi connectivity index (χ3v) is 4.15. The highest BCUT2D eigenvalue weighted by Gasteiger charge is 2.17. The molecule has 2 rings (SSSR count). The molecule has 104 valence electrons. The van der Waals surface area contributed by atoms with Crippen LogP contribution in [-0.4, -0.2) is 15.8 Å². The summed E-state index contributed by atoms with van der Waals surface area (Å²) in [6.07, 6.45) is 2.96. The number of hydrogen-bond donors (Lipinski definition) is 0. The van der Waals surface area contributed by atoms with E-state index in [1.807, 2.05) is 13.0 Å². The van der Waals surface area contributed by atoms with Gasteiger partial charge in [0.25, 0.3) is 0 Å². The van der Waals surface area contributed by atoms with Crippen LogP contribution in [0.2, 0.25) is 0 Å². The second kappa shape index (κ2) is 6.03. The Morgan fingerprint density at radius 3 is 2.65 bits per heavy atom. The van der Waals surface area contributed by atoms with Crippen LogP contribution in [-0.2, 0) is 0 Å². The molecule has 0 radical (unpaired) electrons. The lowest BCUT2D eigenvalue weighted by Crippen LogP contribution is -2.09. The van der Waals surface area contributed by atoms with Crippen molar-refractivity contribution < 1.29 is 9.18 Å². The molecule has 3 atom stereocenters. The fraction of sp³-hybridized carbons (Fsp3) is 0.214. The molecule has 0 N–H and O–H groups in total. The Balaban J connectivity index is 2.71. The monoisotopic (exact) mass is 308 g/mol. The molecule has 0 bridgehead atoms. The van der Waals surface area contributed by atoms with Crippen molar-refractivity contribution in [1.82, 2.24) is 9.97 Å². The molecular weight excluding hydrogens is 293 g/mol. The van der Waals surface area contributed by atoms with E-state index in [2.05, 4.69) is 28.4 Å². The molecule has 0 fully saturated rings. The SMILES string of the molecule is CC(=O)c1cncc(-c2c(C(F)P)ccc(C)c2P)n1. The van der Waals surface area contributed by atoms with Crippen molar-refractivity contribution in [2.45, 2.75) is 19.8 Å². The van der Waals surface area contributed by atoms with Crippen LogP contribution in [0.1, 0.15) is 34.5 Å². The van der Waals surface area contributed by atoms with Crippen molar-refractivity contribution in [3.63, 3.8) is 0 Å². The third-order valence-electron chi connectivity index (χ3n) is 3.04. The predicted molar refractivity (Wildman–Crippen MR) is 85.1 cm³/mol. The molecule has 1 aromatic carbocycles. The van der Waals surface area contributed by atoms with Crippen LogP contribution in [0.5, 0.6) is 0 Å². The number of Topliss-reactive ketones (excluding diaryl/α,β-unsaturated/α-hetero) is 1. The molecule has 0 saturated carbocycles. The number of carbonyl (C=O) groups excluding carboxylic acids is 1. The maximum atomic E-state index is 13.8. The minimum Gasteiger partial charge on any atom is -0.293 e. The standard InChI is InChI=1S/C14H15FN2OP2/c1-7-3-4-9(14(15)20)12(13(7)19)11-6-16-5-10(17-11)8(2)18/h3-6,14H,19-20H2,1-2H3. The summed E-state index contributed by atoms with van der Waals surface area (Å²) in [5, 5.41) is 0.864. The van der Waals surface area contributed by atoms with Gasteiger partial charge in [0.1, 0.15) is 11.6 Å². The summed E-state index contributed by atoms with van der Waals surface area (Å²) >= 11 is 0. The van der Waals surface area contributed by atoms with Gasteiger partial charge in [-0.15, -0.1) is 9.24 Å². The van der Waals surface area contributed by atoms with Gasteiger partial charge in [0.2, 0.25) is 0 Å². The van der Waals surface area contributed by atoms with E-state index in [1.54, 1.807) is 12.3 Å². The van der Waals surface area contributed by atoms with Crippen LogP contribution in [0, 0.1) is 6.92 Å². The summed E-state index contributed by atoms with van der Waals surface area (Å²) in [5.41, 5.74) is 2.98. The predicted octanol–water partition coefficient (Wildman–Crippen LogP) is 3.00. The summed E-state index contributed by atoms with van der Waals surface area (Å²) in [7, 11) is 4.74. The quantitative estimate of drug-likeness (QED) is 0.646. The summed E-state index contributed by atoms with van der Waals surface area (Å²) in [5.74, 6) is -1.37. The van der Waals surface area contributed by atoms with E-state index in [9.17, 15) is 9.18 Å². The lowest BCUT2D eigenvalue weighted by Gasteiger charge is -2.15. The average molecular weight is 308 g/mol. The summed E-state index contributed by atoms with van der Waals surface area (Å²) in [6.45, 7) is 3.37. The van der Waals surface area contributed by atoms with Crippen molar-refractivity contribution in [3.8, 4) is 11.3 Å². The first-order valence-corrected chi connectivity index (χ1v) is 7.28. The zero-order chi connectivity index (χ0) is 14.9. The van der Waals surface area contributed by atoms with Gasteiger partial charge in [-0.1, -0.05) is 21.4 Å². The fourth-order valence-electron chi connectivity index (χ4n) is 1.91. The van der Waals surface area contributed by atoms with E-state index in [0.29, 0.717) is 16.8 Å². The van der Waals surface area contributed by atoms with E-state index in [-0.39, 0.29) is 11.5 Å². The first kappa shape index (κ1) is 15.2. The van der Waals surface area contributed by atoms with Crippen molar-refractivity contribution in [2.24, 2.45) is 0 Å². The molecule has 0 amide bonds. The number of halogens is 1. The molecule has 20 heavy (non-hydrogen) atoms. The number of ketones is 1. The highest BCUT2D eigenvalue weighted by molar-refractivity contribution is 7.28. The van der Waals surface area contributed by atoms with Crippen LogP contribution in [0.3, 0.4) is 0 Å². The zero-order valence-corrected chi connectivity index (χ0v) is 13.5. The number of carbonyl (C=O) groups is 1.